The zero-order valence-electron chi connectivity index (χ0n) is 19.9. The summed E-state index contributed by atoms with van der Waals surface area (Å²) in [6.07, 6.45) is 27.3. The Labute approximate surface area is 198 Å². The van der Waals surface area contributed by atoms with Gasteiger partial charge in [-0.25, -0.2) is 0 Å². The van der Waals surface area contributed by atoms with Gasteiger partial charge in [-0.15, -0.1) is 23.2 Å². The van der Waals surface area contributed by atoms with Crippen molar-refractivity contribution >= 4 is 23.2 Å². The van der Waals surface area contributed by atoms with Gasteiger partial charge in [-0.2, -0.15) is 0 Å². The van der Waals surface area contributed by atoms with E-state index in [2.05, 4.69) is 6.92 Å². The Hall–Kier alpha value is 0.580. The predicted octanol–water partition coefficient (Wildman–Crippen LogP) is 10.0. The highest BCUT2D eigenvalue weighted by Crippen LogP contribution is 2.41. The summed E-state index contributed by atoms with van der Waals surface area (Å²) >= 11 is 12.8. The van der Waals surface area contributed by atoms with Gasteiger partial charge >= 0.3 is 0 Å². The molecule has 3 fully saturated rings. The maximum Gasteiger partial charge on any atom is 0.0366 e. The van der Waals surface area contributed by atoms with Crippen LogP contribution in [0.3, 0.4) is 0 Å². The molecule has 3 saturated carbocycles. The van der Waals surface area contributed by atoms with Crippen LogP contribution in [-0.4, -0.2) is 11.3 Å². The average molecular weight is 458 g/mol. The molecule has 0 radical (unpaired) electrons. The highest BCUT2D eigenvalue weighted by Gasteiger charge is 2.30. The third kappa shape index (κ3) is 8.50. The van der Waals surface area contributed by atoms with Crippen LogP contribution in [0, 0.1) is 35.5 Å². The van der Waals surface area contributed by atoms with E-state index in [1.165, 1.54) is 122 Å². The maximum atomic E-state index is 6.95. The summed E-state index contributed by atoms with van der Waals surface area (Å²) in [7, 11) is 0. The molecule has 0 amide bonds. The van der Waals surface area contributed by atoms with Crippen molar-refractivity contribution in [2.75, 3.05) is 5.88 Å². The highest BCUT2D eigenvalue weighted by molar-refractivity contribution is 6.20. The molecule has 0 heterocycles. The second kappa shape index (κ2) is 14.0. The molecule has 30 heavy (non-hydrogen) atoms. The maximum absolute atomic E-state index is 6.95. The van der Waals surface area contributed by atoms with Crippen LogP contribution in [0.15, 0.2) is 0 Å². The number of hydrogen-bond donors (Lipinski definition) is 0. The van der Waals surface area contributed by atoms with E-state index in [4.69, 9.17) is 23.2 Å². The second-order valence-corrected chi connectivity index (χ2v) is 12.4. The molecule has 0 aromatic heterocycles. The van der Waals surface area contributed by atoms with Gasteiger partial charge in [0, 0.05) is 11.3 Å². The number of alkyl halides is 2. The van der Waals surface area contributed by atoms with Crippen LogP contribution < -0.4 is 0 Å². The fourth-order valence-electron chi connectivity index (χ4n) is 7.16. The summed E-state index contributed by atoms with van der Waals surface area (Å²) in [6, 6.07) is 0. The Morgan fingerprint density at radius 3 is 1.53 bits per heavy atom. The van der Waals surface area contributed by atoms with E-state index >= 15 is 0 Å². The molecule has 0 saturated heterocycles. The van der Waals surface area contributed by atoms with Crippen LogP contribution >= 0.6 is 23.2 Å². The van der Waals surface area contributed by atoms with Crippen LogP contribution in [0.5, 0.6) is 0 Å². The first-order valence-electron chi connectivity index (χ1n) is 13.9. The summed E-state index contributed by atoms with van der Waals surface area (Å²) < 4.78 is 0. The van der Waals surface area contributed by atoms with Crippen molar-refractivity contribution in [2.45, 2.75) is 134 Å². The van der Waals surface area contributed by atoms with Crippen LogP contribution in [0.2, 0.25) is 0 Å². The first-order valence-corrected chi connectivity index (χ1v) is 14.8. The lowest BCUT2D eigenvalue weighted by molar-refractivity contribution is 0.196. The normalized spacial score (nSPS) is 36.5. The van der Waals surface area contributed by atoms with E-state index in [0.29, 0.717) is 5.38 Å². The Bertz CT molecular complexity index is 426. The fraction of sp³-hybridized carbons (Fsp3) is 1.00. The minimum atomic E-state index is 0.461. The molecule has 3 rings (SSSR count). The smallest absolute Gasteiger partial charge is 0.0366 e. The summed E-state index contributed by atoms with van der Waals surface area (Å²) in [5.74, 6) is 6.64. The first kappa shape index (κ1) is 25.2. The Kier molecular flexibility index (Phi) is 11.7. The van der Waals surface area contributed by atoms with Crippen molar-refractivity contribution in [2.24, 2.45) is 35.5 Å². The molecule has 0 nitrogen and oxygen atoms in total. The van der Waals surface area contributed by atoms with E-state index in [1.807, 2.05) is 0 Å². The van der Waals surface area contributed by atoms with Crippen molar-refractivity contribution in [3.05, 3.63) is 0 Å². The third-order valence-electron chi connectivity index (χ3n) is 9.32. The van der Waals surface area contributed by atoms with Gasteiger partial charge in [0.2, 0.25) is 0 Å². The monoisotopic (exact) mass is 456 g/mol. The minimum Gasteiger partial charge on any atom is -0.127 e. The number of hydrogen-bond acceptors (Lipinski definition) is 0. The molecule has 0 bridgehead atoms. The summed E-state index contributed by atoms with van der Waals surface area (Å²) in [5, 5.41) is 0.461. The Morgan fingerprint density at radius 2 is 1.03 bits per heavy atom. The van der Waals surface area contributed by atoms with Crippen molar-refractivity contribution in [3.8, 4) is 0 Å². The number of rotatable bonds is 11. The minimum absolute atomic E-state index is 0.461. The van der Waals surface area contributed by atoms with Crippen molar-refractivity contribution in [1.82, 2.24) is 0 Å². The standard InChI is InChI=1S/C28H50Cl2/c1-2-4-22-16-18-27(19-17-22)28(30)21-26-14-12-25(13-15-26)11-10-24-8-6-23(7-9-24)5-3-20-29/h22-28H,2-21H2,1H3/t22-,23-,24-,25?,26?,27-,28?. The average Bonchev–Trinajstić information content (AvgIpc) is 2.78. The topological polar surface area (TPSA) is 0 Å². The molecule has 0 spiro atoms. The molecule has 0 aliphatic heterocycles. The van der Waals surface area contributed by atoms with E-state index in [-0.39, 0.29) is 0 Å². The van der Waals surface area contributed by atoms with Gasteiger partial charge in [0.1, 0.15) is 0 Å². The molecule has 3 aliphatic rings. The molecule has 0 N–H and O–H groups in total. The molecule has 0 aromatic carbocycles. The predicted molar refractivity (Wildman–Crippen MR) is 135 cm³/mol. The van der Waals surface area contributed by atoms with Gasteiger partial charge in [0.05, 0.1) is 0 Å². The fourth-order valence-corrected chi connectivity index (χ4v) is 7.82. The molecule has 2 heteroatoms. The van der Waals surface area contributed by atoms with E-state index in [9.17, 15) is 0 Å². The van der Waals surface area contributed by atoms with Gasteiger partial charge in [-0.3, -0.25) is 0 Å². The Balaban J connectivity index is 1.25. The second-order valence-electron chi connectivity index (χ2n) is 11.5. The molecule has 0 aromatic rings. The lowest BCUT2D eigenvalue weighted by atomic mass is 9.73. The number of halogens is 2. The summed E-state index contributed by atoms with van der Waals surface area (Å²) in [6.45, 7) is 2.34. The summed E-state index contributed by atoms with van der Waals surface area (Å²) in [4.78, 5) is 0. The van der Waals surface area contributed by atoms with Crippen molar-refractivity contribution in [3.63, 3.8) is 0 Å². The van der Waals surface area contributed by atoms with Crippen LogP contribution in [0.1, 0.15) is 129 Å². The molecular weight excluding hydrogens is 407 g/mol. The van der Waals surface area contributed by atoms with Crippen LogP contribution in [0.4, 0.5) is 0 Å². The molecule has 1 atom stereocenters. The van der Waals surface area contributed by atoms with Gasteiger partial charge in [0.15, 0.2) is 0 Å². The third-order valence-corrected chi connectivity index (χ3v) is 10.1. The highest BCUT2D eigenvalue weighted by atomic mass is 35.5. The lowest BCUT2D eigenvalue weighted by Crippen LogP contribution is -2.26. The van der Waals surface area contributed by atoms with Crippen LogP contribution in [0.25, 0.3) is 0 Å². The molecule has 176 valence electrons. The van der Waals surface area contributed by atoms with E-state index < -0.39 is 0 Å². The first-order chi connectivity index (χ1) is 14.7. The SMILES string of the molecule is CCC[C@H]1CC[C@H](C(Cl)CC2CCC(CC[C@H]3CC[C@H](CCCCl)CC3)CC2)CC1. The lowest BCUT2D eigenvalue weighted by Gasteiger charge is -2.35. The van der Waals surface area contributed by atoms with E-state index in [0.717, 1.165) is 41.4 Å². The van der Waals surface area contributed by atoms with Gasteiger partial charge in [-0.1, -0.05) is 96.8 Å². The van der Waals surface area contributed by atoms with Crippen molar-refractivity contribution < 1.29 is 0 Å². The van der Waals surface area contributed by atoms with Gasteiger partial charge in [0.25, 0.3) is 0 Å². The van der Waals surface area contributed by atoms with Gasteiger partial charge < -0.3 is 0 Å². The zero-order valence-corrected chi connectivity index (χ0v) is 21.5. The Morgan fingerprint density at radius 1 is 0.600 bits per heavy atom. The largest absolute Gasteiger partial charge is 0.127 e. The molecule has 1 unspecified atom stereocenters. The summed E-state index contributed by atoms with van der Waals surface area (Å²) in [5.41, 5.74) is 0. The van der Waals surface area contributed by atoms with Crippen molar-refractivity contribution in [1.29, 1.82) is 0 Å². The zero-order chi connectivity index (χ0) is 21.2. The molecular formula is C28H50Cl2. The van der Waals surface area contributed by atoms with E-state index in [1.54, 1.807) is 0 Å². The molecule has 3 aliphatic carbocycles. The van der Waals surface area contributed by atoms with Crippen LogP contribution in [-0.2, 0) is 0 Å². The quantitative estimate of drug-likeness (QED) is 0.271. The van der Waals surface area contributed by atoms with Gasteiger partial charge in [-0.05, 0) is 67.6 Å².